The van der Waals surface area contributed by atoms with Crippen molar-refractivity contribution >= 4 is 21.6 Å². The largest absolute Gasteiger partial charge is 0.366 e. The fraction of sp³-hybridized carbons (Fsp3) is 0.0952. The number of hydrogen-bond donors (Lipinski definition) is 1. The second-order valence-electron chi connectivity index (χ2n) is 6.22. The van der Waals surface area contributed by atoms with E-state index in [2.05, 4.69) is 0 Å². The number of hydrogen-bond acceptors (Lipinski definition) is 3. The van der Waals surface area contributed by atoms with E-state index < -0.39 is 15.9 Å². The van der Waals surface area contributed by atoms with E-state index in [1.165, 1.54) is 28.6 Å². The van der Waals surface area contributed by atoms with Gasteiger partial charge in [-0.3, -0.25) is 9.10 Å². The fourth-order valence-electron chi connectivity index (χ4n) is 2.69. The van der Waals surface area contributed by atoms with Crippen molar-refractivity contribution in [2.75, 3.05) is 4.31 Å². The minimum atomic E-state index is -3.83. The van der Waals surface area contributed by atoms with E-state index in [0.29, 0.717) is 5.69 Å². The summed E-state index contributed by atoms with van der Waals surface area (Å²) in [6.45, 7) is 2.15. The summed E-state index contributed by atoms with van der Waals surface area (Å²) in [5.41, 5.74) is 7.99. The van der Waals surface area contributed by atoms with Crippen LogP contribution in [0.1, 0.15) is 21.5 Å². The van der Waals surface area contributed by atoms with Gasteiger partial charge >= 0.3 is 0 Å². The maximum Gasteiger partial charge on any atom is 0.264 e. The molecule has 27 heavy (non-hydrogen) atoms. The van der Waals surface area contributed by atoms with Crippen molar-refractivity contribution < 1.29 is 13.2 Å². The van der Waals surface area contributed by atoms with Crippen molar-refractivity contribution in [3.63, 3.8) is 0 Å². The molecule has 0 bridgehead atoms. The second kappa shape index (κ2) is 7.63. The molecule has 0 aliphatic carbocycles. The summed E-state index contributed by atoms with van der Waals surface area (Å²) < 4.78 is 28.0. The average molecular weight is 380 g/mol. The van der Waals surface area contributed by atoms with Gasteiger partial charge in [-0.25, -0.2) is 8.42 Å². The molecular weight excluding hydrogens is 360 g/mol. The lowest BCUT2D eigenvalue weighted by atomic mass is 10.2. The molecule has 0 aliphatic rings. The zero-order valence-corrected chi connectivity index (χ0v) is 15.7. The van der Waals surface area contributed by atoms with E-state index in [1.807, 2.05) is 49.4 Å². The number of carbonyl (C=O) groups is 1. The Bertz CT molecular complexity index is 1030. The first kappa shape index (κ1) is 18.7. The minimum Gasteiger partial charge on any atom is -0.366 e. The lowest BCUT2D eigenvalue weighted by Crippen LogP contribution is -2.30. The predicted octanol–water partition coefficient (Wildman–Crippen LogP) is 3.49. The van der Waals surface area contributed by atoms with Crippen LogP contribution in [0.15, 0.2) is 83.8 Å². The van der Waals surface area contributed by atoms with E-state index in [1.54, 1.807) is 12.1 Å². The van der Waals surface area contributed by atoms with Crippen LogP contribution in [0.4, 0.5) is 5.69 Å². The summed E-state index contributed by atoms with van der Waals surface area (Å²) in [5, 5.41) is 0. The summed E-state index contributed by atoms with van der Waals surface area (Å²) >= 11 is 0. The summed E-state index contributed by atoms with van der Waals surface area (Å²) in [6, 6.07) is 22.4. The van der Waals surface area contributed by atoms with Gasteiger partial charge < -0.3 is 5.73 Å². The van der Waals surface area contributed by atoms with Crippen LogP contribution >= 0.6 is 0 Å². The fourth-order valence-corrected chi connectivity index (χ4v) is 4.15. The normalized spacial score (nSPS) is 11.1. The molecule has 0 atom stereocenters. The first-order valence-corrected chi connectivity index (χ1v) is 9.85. The molecule has 3 aromatic rings. The number of nitrogens with zero attached hydrogens (tertiary/aromatic N) is 1. The van der Waals surface area contributed by atoms with Crippen LogP contribution in [-0.4, -0.2) is 14.3 Å². The number of sulfonamides is 1. The van der Waals surface area contributed by atoms with Gasteiger partial charge in [0.1, 0.15) is 0 Å². The number of carbonyl (C=O) groups excluding carboxylic acids is 1. The van der Waals surface area contributed by atoms with Crippen molar-refractivity contribution in [1.82, 2.24) is 0 Å². The molecule has 2 N–H and O–H groups in total. The number of primary amides is 1. The van der Waals surface area contributed by atoms with Crippen molar-refractivity contribution in [3.05, 3.63) is 95.6 Å². The third-order valence-electron chi connectivity index (χ3n) is 4.22. The molecule has 3 aromatic carbocycles. The lowest BCUT2D eigenvalue weighted by molar-refractivity contribution is 0.1000. The molecule has 0 saturated heterocycles. The van der Waals surface area contributed by atoms with Crippen LogP contribution in [-0.2, 0) is 16.6 Å². The van der Waals surface area contributed by atoms with E-state index in [9.17, 15) is 13.2 Å². The van der Waals surface area contributed by atoms with E-state index in [-0.39, 0.29) is 17.0 Å². The highest BCUT2D eigenvalue weighted by Crippen LogP contribution is 2.26. The molecular formula is C21H20N2O3S. The minimum absolute atomic E-state index is 0.101. The molecule has 0 fully saturated rings. The van der Waals surface area contributed by atoms with Crippen LogP contribution in [0, 0.1) is 6.92 Å². The SMILES string of the molecule is Cc1ccc(N(Cc2ccccc2)S(=O)(=O)c2ccc(C(N)=O)cc2)cc1. The van der Waals surface area contributed by atoms with Crippen LogP contribution < -0.4 is 10.0 Å². The second-order valence-corrected chi connectivity index (χ2v) is 8.08. The number of rotatable bonds is 6. The van der Waals surface area contributed by atoms with Gasteiger partial charge in [-0.05, 0) is 48.9 Å². The van der Waals surface area contributed by atoms with Crippen LogP contribution in [0.25, 0.3) is 0 Å². The molecule has 0 aliphatic heterocycles. The summed E-state index contributed by atoms with van der Waals surface area (Å²) in [5.74, 6) is -0.598. The Morgan fingerprint density at radius 1 is 0.889 bits per heavy atom. The highest BCUT2D eigenvalue weighted by atomic mass is 32.2. The zero-order valence-electron chi connectivity index (χ0n) is 14.9. The van der Waals surface area contributed by atoms with Gasteiger partial charge in [-0.15, -0.1) is 0 Å². The zero-order chi connectivity index (χ0) is 19.4. The maximum absolute atomic E-state index is 13.3. The van der Waals surface area contributed by atoms with Crippen molar-refractivity contribution in [1.29, 1.82) is 0 Å². The summed E-state index contributed by atoms with van der Waals surface area (Å²) in [4.78, 5) is 11.4. The third kappa shape index (κ3) is 4.17. The molecule has 3 rings (SSSR count). The molecule has 0 heterocycles. The van der Waals surface area contributed by atoms with Crippen LogP contribution in [0.5, 0.6) is 0 Å². The van der Waals surface area contributed by atoms with Crippen molar-refractivity contribution in [3.8, 4) is 0 Å². The van der Waals surface area contributed by atoms with Crippen molar-refractivity contribution in [2.45, 2.75) is 18.4 Å². The van der Waals surface area contributed by atoms with Gasteiger partial charge in [-0.1, -0.05) is 48.0 Å². The van der Waals surface area contributed by atoms with E-state index >= 15 is 0 Å². The standard InChI is InChI=1S/C21H20N2O3S/c1-16-7-11-19(12-8-16)23(15-17-5-3-2-4-6-17)27(25,26)20-13-9-18(10-14-20)21(22)24/h2-14H,15H2,1H3,(H2,22,24). The summed E-state index contributed by atoms with van der Waals surface area (Å²) in [6.07, 6.45) is 0. The maximum atomic E-state index is 13.3. The molecule has 138 valence electrons. The van der Waals surface area contributed by atoms with Gasteiger partial charge in [0.2, 0.25) is 5.91 Å². The topological polar surface area (TPSA) is 80.5 Å². The van der Waals surface area contributed by atoms with Gasteiger partial charge in [0.05, 0.1) is 17.1 Å². The quantitative estimate of drug-likeness (QED) is 0.711. The number of benzene rings is 3. The lowest BCUT2D eigenvalue weighted by Gasteiger charge is -2.25. The van der Waals surface area contributed by atoms with E-state index in [0.717, 1.165) is 11.1 Å². The predicted molar refractivity (Wildman–Crippen MR) is 106 cm³/mol. The average Bonchev–Trinajstić information content (AvgIpc) is 2.68. The molecule has 0 radical (unpaired) electrons. The smallest absolute Gasteiger partial charge is 0.264 e. The molecule has 0 saturated carbocycles. The van der Waals surface area contributed by atoms with Gasteiger partial charge in [0.15, 0.2) is 0 Å². The number of nitrogens with two attached hydrogens (primary N) is 1. The first-order chi connectivity index (χ1) is 12.9. The van der Waals surface area contributed by atoms with Crippen LogP contribution in [0.2, 0.25) is 0 Å². The highest BCUT2D eigenvalue weighted by Gasteiger charge is 2.25. The number of anilines is 1. The molecule has 0 unspecified atom stereocenters. The molecule has 0 spiro atoms. The van der Waals surface area contributed by atoms with Crippen molar-refractivity contribution in [2.24, 2.45) is 5.73 Å². The Hall–Kier alpha value is -3.12. The number of amides is 1. The Kier molecular flexibility index (Phi) is 5.28. The van der Waals surface area contributed by atoms with Gasteiger partial charge in [0.25, 0.3) is 10.0 Å². The third-order valence-corrected chi connectivity index (χ3v) is 6.01. The molecule has 6 heteroatoms. The highest BCUT2D eigenvalue weighted by molar-refractivity contribution is 7.92. The van der Waals surface area contributed by atoms with Gasteiger partial charge in [-0.2, -0.15) is 0 Å². The first-order valence-electron chi connectivity index (χ1n) is 8.41. The van der Waals surface area contributed by atoms with Gasteiger partial charge in [0, 0.05) is 5.56 Å². The Labute approximate surface area is 159 Å². The van der Waals surface area contributed by atoms with E-state index in [4.69, 9.17) is 5.73 Å². The summed E-state index contributed by atoms with van der Waals surface area (Å²) in [7, 11) is -3.83. The molecule has 0 aromatic heterocycles. The Morgan fingerprint density at radius 2 is 1.48 bits per heavy atom. The monoisotopic (exact) mass is 380 g/mol. The molecule has 1 amide bonds. The number of aryl methyl sites for hydroxylation is 1. The Balaban J connectivity index is 2.04. The Morgan fingerprint density at radius 3 is 2.04 bits per heavy atom. The van der Waals surface area contributed by atoms with Crippen LogP contribution in [0.3, 0.4) is 0 Å². The molecule has 5 nitrogen and oxygen atoms in total.